The first kappa shape index (κ1) is 14.4. The molecule has 1 saturated carbocycles. The first-order chi connectivity index (χ1) is 10.8. The van der Waals surface area contributed by atoms with Crippen LogP contribution in [0.5, 0.6) is 5.75 Å². The lowest BCUT2D eigenvalue weighted by atomic mass is 10.2. The lowest BCUT2D eigenvalue weighted by Crippen LogP contribution is -2.13. The van der Waals surface area contributed by atoms with Gasteiger partial charge in [-0.1, -0.05) is 42.5 Å². The summed E-state index contributed by atoms with van der Waals surface area (Å²) < 4.78 is 5.69. The van der Waals surface area contributed by atoms with Crippen molar-refractivity contribution in [3.63, 3.8) is 0 Å². The smallest absolute Gasteiger partial charge is 0.227 e. The molecule has 3 heteroatoms. The minimum atomic E-state index is 0.112. The van der Waals surface area contributed by atoms with Gasteiger partial charge in [0, 0.05) is 17.7 Å². The standard InChI is InChI=1S/C19H19NO2/c21-19(16-11-12-16)20-17-9-4-10-18(14-17)22-13-5-8-15-6-2-1-3-7-15/h1-10,14,16H,11-13H2,(H,20,21)/b8-5+. The van der Waals surface area contributed by atoms with Gasteiger partial charge in [-0.15, -0.1) is 0 Å². The van der Waals surface area contributed by atoms with Gasteiger partial charge in [0.1, 0.15) is 12.4 Å². The van der Waals surface area contributed by atoms with Crippen LogP contribution >= 0.6 is 0 Å². The summed E-state index contributed by atoms with van der Waals surface area (Å²) in [5.74, 6) is 1.07. The third kappa shape index (κ3) is 4.22. The molecule has 0 atom stereocenters. The van der Waals surface area contributed by atoms with Gasteiger partial charge in [0.05, 0.1) is 0 Å². The molecule has 0 aliphatic heterocycles. The van der Waals surface area contributed by atoms with Crippen LogP contribution in [0.25, 0.3) is 6.08 Å². The minimum Gasteiger partial charge on any atom is -0.489 e. The maximum Gasteiger partial charge on any atom is 0.227 e. The highest BCUT2D eigenvalue weighted by Gasteiger charge is 2.29. The van der Waals surface area contributed by atoms with Gasteiger partial charge in [-0.25, -0.2) is 0 Å². The molecule has 112 valence electrons. The first-order valence-corrected chi connectivity index (χ1v) is 7.56. The maximum atomic E-state index is 11.7. The Bertz CT molecular complexity index is 660. The number of benzene rings is 2. The number of carbonyl (C=O) groups is 1. The highest BCUT2D eigenvalue weighted by Crippen LogP contribution is 2.30. The van der Waals surface area contributed by atoms with E-state index < -0.39 is 0 Å². The summed E-state index contributed by atoms with van der Waals surface area (Å²) in [6, 6.07) is 17.6. The van der Waals surface area contributed by atoms with Crippen LogP contribution in [-0.4, -0.2) is 12.5 Å². The van der Waals surface area contributed by atoms with Crippen molar-refractivity contribution >= 4 is 17.7 Å². The quantitative estimate of drug-likeness (QED) is 0.869. The average molecular weight is 293 g/mol. The maximum absolute atomic E-state index is 11.7. The number of anilines is 1. The van der Waals surface area contributed by atoms with Crippen molar-refractivity contribution < 1.29 is 9.53 Å². The molecule has 1 aliphatic carbocycles. The van der Waals surface area contributed by atoms with Crippen LogP contribution in [0.3, 0.4) is 0 Å². The van der Waals surface area contributed by atoms with Crippen molar-refractivity contribution in [1.29, 1.82) is 0 Å². The van der Waals surface area contributed by atoms with E-state index in [0.717, 1.165) is 29.8 Å². The Morgan fingerprint density at radius 3 is 2.73 bits per heavy atom. The Labute approximate surface area is 130 Å². The van der Waals surface area contributed by atoms with E-state index >= 15 is 0 Å². The van der Waals surface area contributed by atoms with Gasteiger partial charge in [-0.2, -0.15) is 0 Å². The van der Waals surface area contributed by atoms with Crippen LogP contribution in [-0.2, 0) is 4.79 Å². The number of hydrogen-bond donors (Lipinski definition) is 1. The highest BCUT2D eigenvalue weighted by atomic mass is 16.5. The number of carbonyl (C=O) groups excluding carboxylic acids is 1. The van der Waals surface area contributed by atoms with Crippen LogP contribution in [0.15, 0.2) is 60.7 Å². The average Bonchev–Trinajstić information content (AvgIpc) is 3.38. The number of nitrogens with one attached hydrogen (secondary N) is 1. The molecule has 3 nitrogen and oxygen atoms in total. The third-order valence-electron chi connectivity index (χ3n) is 3.51. The van der Waals surface area contributed by atoms with E-state index in [1.165, 1.54) is 0 Å². The topological polar surface area (TPSA) is 38.3 Å². The lowest BCUT2D eigenvalue weighted by Gasteiger charge is -2.07. The van der Waals surface area contributed by atoms with Crippen molar-refractivity contribution in [3.8, 4) is 5.75 Å². The van der Waals surface area contributed by atoms with Gasteiger partial charge in [0.2, 0.25) is 5.91 Å². The van der Waals surface area contributed by atoms with E-state index in [9.17, 15) is 4.79 Å². The molecule has 2 aromatic carbocycles. The molecule has 0 saturated heterocycles. The molecule has 0 unspecified atom stereocenters. The summed E-state index contributed by atoms with van der Waals surface area (Å²) in [7, 11) is 0. The summed E-state index contributed by atoms with van der Waals surface area (Å²) in [4.78, 5) is 11.7. The van der Waals surface area contributed by atoms with Crippen LogP contribution in [0.1, 0.15) is 18.4 Å². The number of amides is 1. The molecule has 0 heterocycles. The van der Waals surface area contributed by atoms with Gasteiger partial charge in [0.15, 0.2) is 0 Å². The minimum absolute atomic E-state index is 0.112. The lowest BCUT2D eigenvalue weighted by molar-refractivity contribution is -0.117. The Hall–Kier alpha value is -2.55. The van der Waals surface area contributed by atoms with E-state index in [0.29, 0.717) is 6.61 Å². The Morgan fingerprint density at radius 2 is 1.95 bits per heavy atom. The zero-order valence-electron chi connectivity index (χ0n) is 12.4. The molecule has 1 aliphatic rings. The van der Waals surface area contributed by atoms with Crippen molar-refractivity contribution in [2.24, 2.45) is 5.92 Å². The Kier molecular flexibility index (Phi) is 4.54. The van der Waals surface area contributed by atoms with Crippen LogP contribution < -0.4 is 10.1 Å². The molecule has 3 rings (SSSR count). The molecule has 1 N–H and O–H groups in total. The Morgan fingerprint density at radius 1 is 1.14 bits per heavy atom. The fourth-order valence-corrected chi connectivity index (χ4v) is 2.15. The van der Waals surface area contributed by atoms with E-state index in [1.54, 1.807) is 0 Å². The summed E-state index contributed by atoms with van der Waals surface area (Å²) in [5.41, 5.74) is 1.94. The predicted molar refractivity (Wildman–Crippen MR) is 88.8 cm³/mol. The molecule has 1 fully saturated rings. The zero-order valence-corrected chi connectivity index (χ0v) is 12.4. The van der Waals surface area contributed by atoms with Crippen LogP contribution in [0.2, 0.25) is 0 Å². The molecular formula is C19H19NO2. The molecule has 1 amide bonds. The number of hydrogen-bond acceptors (Lipinski definition) is 2. The third-order valence-corrected chi connectivity index (χ3v) is 3.51. The number of rotatable bonds is 6. The van der Waals surface area contributed by atoms with Crippen molar-refractivity contribution in [1.82, 2.24) is 0 Å². The monoisotopic (exact) mass is 293 g/mol. The van der Waals surface area contributed by atoms with Crippen LogP contribution in [0, 0.1) is 5.92 Å². The van der Waals surface area contributed by atoms with Crippen LogP contribution in [0.4, 0.5) is 5.69 Å². The zero-order chi connectivity index (χ0) is 15.2. The predicted octanol–water partition coefficient (Wildman–Crippen LogP) is 4.13. The van der Waals surface area contributed by atoms with Crippen molar-refractivity contribution in [3.05, 3.63) is 66.2 Å². The first-order valence-electron chi connectivity index (χ1n) is 7.56. The summed E-state index contributed by atoms with van der Waals surface area (Å²) in [5, 5.41) is 2.92. The van der Waals surface area contributed by atoms with E-state index in [4.69, 9.17) is 4.74 Å². The second-order valence-corrected chi connectivity index (χ2v) is 5.42. The second-order valence-electron chi connectivity index (χ2n) is 5.42. The van der Waals surface area contributed by atoms with Gasteiger partial charge >= 0.3 is 0 Å². The summed E-state index contributed by atoms with van der Waals surface area (Å²) in [6.45, 7) is 0.495. The Balaban J connectivity index is 1.52. The fourth-order valence-electron chi connectivity index (χ4n) is 2.15. The molecule has 2 aromatic rings. The van der Waals surface area contributed by atoms with Crippen molar-refractivity contribution in [2.75, 3.05) is 11.9 Å². The van der Waals surface area contributed by atoms with Crippen molar-refractivity contribution in [2.45, 2.75) is 12.8 Å². The number of ether oxygens (including phenoxy) is 1. The molecule has 0 spiro atoms. The van der Waals surface area contributed by atoms with Gasteiger partial charge in [-0.05, 0) is 36.6 Å². The summed E-state index contributed by atoms with van der Waals surface area (Å²) >= 11 is 0. The van der Waals surface area contributed by atoms with Gasteiger partial charge < -0.3 is 10.1 Å². The van der Waals surface area contributed by atoms with E-state index in [2.05, 4.69) is 5.32 Å². The van der Waals surface area contributed by atoms with Gasteiger partial charge in [-0.3, -0.25) is 4.79 Å². The molecule has 0 aromatic heterocycles. The SMILES string of the molecule is O=C(Nc1cccc(OC/C=C/c2ccccc2)c1)C1CC1. The molecule has 22 heavy (non-hydrogen) atoms. The normalized spacial score (nSPS) is 14.0. The molecule has 0 bridgehead atoms. The molecular weight excluding hydrogens is 274 g/mol. The highest BCUT2D eigenvalue weighted by molar-refractivity contribution is 5.94. The van der Waals surface area contributed by atoms with E-state index in [1.807, 2.05) is 66.7 Å². The largest absolute Gasteiger partial charge is 0.489 e. The second kappa shape index (κ2) is 6.94. The summed E-state index contributed by atoms with van der Waals surface area (Å²) in [6.07, 6.45) is 6.02. The fraction of sp³-hybridized carbons (Fsp3) is 0.211. The molecule has 0 radical (unpaired) electrons. The van der Waals surface area contributed by atoms with E-state index in [-0.39, 0.29) is 11.8 Å². The van der Waals surface area contributed by atoms with Gasteiger partial charge in [0.25, 0.3) is 0 Å².